The van der Waals surface area contributed by atoms with E-state index in [1.54, 1.807) is 12.4 Å². The summed E-state index contributed by atoms with van der Waals surface area (Å²) in [5.74, 6) is 0.757. The largest absolute Gasteiger partial charge is 0.265 e. The Morgan fingerprint density at radius 2 is 2.11 bits per heavy atom. The van der Waals surface area contributed by atoms with Gasteiger partial charge in [0.05, 0.1) is 0 Å². The minimum atomic E-state index is 0.410. The fourth-order valence-corrected chi connectivity index (χ4v) is 2.31. The first-order chi connectivity index (χ1) is 8.66. The Balaban J connectivity index is 2.29. The second kappa shape index (κ2) is 4.33. The number of hydrogen-bond acceptors (Lipinski definition) is 3. The molecule has 0 aliphatic heterocycles. The van der Waals surface area contributed by atoms with Gasteiger partial charge in [-0.1, -0.05) is 39.7 Å². The van der Waals surface area contributed by atoms with Crippen LogP contribution in [0.3, 0.4) is 0 Å². The normalized spacial score (nSPS) is 11.1. The average Bonchev–Trinajstić information content (AvgIpc) is 2.75. The first-order valence-electron chi connectivity index (χ1n) is 5.28. The van der Waals surface area contributed by atoms with Gasteiger partial charge in [0.15, 0.2) is 11.5 Å². The maximum Gasteiger partial charge on any atom is 0.169 e. The number of nitrogens with zero attached hydrogens (tertiary/aromatic N) is 4. The third-order valence-electron chi connectivity index (χ3n) is 2.78. The van der Waals surface area contributed by atoms with Gasteiger partial charge in [0.25, 0.3) is 0 Å². The molecule has 0 N–H and O–H groups in total. The molecular formula is C12H8BrClN4. The SMILES string of the molecule is Cc1c(Br)cccc1-c1nnc2cc(Cl)ncn12. The van der Waals surface area contributed by atoms with E-state index in [9.17, 15) is 0 Å². The number of benzene rings is 1. The number of aromatic nitrogens is 4. The van der Waals surface area contributed by atoms with Crippen LogP contribution in [-0.4, -0.2) is 19.6 Å². The third-order valence-corrected chi connectivity index (χ3v) is 3.84. The summed E-state index contributed by atoms with van der Waals surface area (Å²) in [4.78, 5) is 4.05. The van der Waals surface area contributed by atoms with Gasteiger partial charge in [-0.15, -0.1) is 10.2 Å². The van der Waals surface area contributed by atoms with Crippen molar-refractivity contribution in [1.29, 1.82) is 0 Å². The van der Waals surface area contributed by atoms with Crippen molar-refractivity contribution in [3.63, 3.8) is 0 Å². The molecule has 0 fully saturated rings. The van der Waals surface area contributed by atoms with Crippen molar-refractivity contribution >= 4 is 33.2 Å². The van der Waals surface area contributed by atoms with Crippen molar-refractivity contribution in [2.24, 2.45) is 0 Å². The summed E-state index contributed by atoms with van der Waals surface area (Å²) in [6.07, 6.45) is 1.63. The molecule has 0 unspecified atom stereocenters. The van der Waals surface area contributed by atoms with Crippen LogP contribution in [0.5, 0.6) is 0 Å². The van der Waals surface area contributed by atoms with E-state index in [4.69, 9.17) is 11.6 Å². The molecule has 0 aliphatic carbocycles. The lowest BCUT2D eigenvalue weighted by Crippen LogP contribution is -1.93. The Kier molecular flexibility index (Phi) is 2.80. The van der Waals surface area contributed by atoms with Gasteiger partial charge in [0.2, 0.25) is 0 Å². The van der Waals surface area contributed by atoms with Gasteiger partial charge in [0.1, 0.15) is 11.5 Å². The van der Waals surface area contributed by atoms with E-state index in [-0.39, 0.29) is 0 Å². The van der Waals surface area contributed by atoms with Crippen molar-refractivity contribution in [1.82, 2.24) is 19.6 Å². The molecule has 0 bridgehead atoms. The standard InChI is InChI=1S/C12H8BrClN4/c1-7-8(3-2-4-9(7)13)12-17-16-11-5-10(14)15-6-18(11)12/h2-6H,1H3. The van der Waals surface area contributed by atoms with E-state index in [1.165, 1.54) is 0 Å². The quantitative estimate of drug-likeness (QED) is 0.644. The van der Waals surface area contributed by atoms with Crippen LogP contribution in [0.25, 0.3) is 17.0 Å². The Hall–Kier alpha value is -1.46. The van der Waals surface area contributed by atoms with Crippen LogP contribution in [0.4, 0.5) is 0 Å². The topological polar surface area (TPSA) is 43.1 Å². The lowest BCUT2D eigenvalue weighted by atomic mass is 10.1. The molecule has 1 aromatic carbocycles. The van der Waals surface area contributed by atoms with Crippen molar-refractivity contribution in [2.75, 3.05) is 0 Å². The molecule has 3 rings (SSSR count). The molecule has 3 aromatic rings. The zero-order chi connectivity index (χ0) is 12.7. The lowest BCUT2D eigenvalue weighted by molar-refractivity contribution is 1.07. The Bertz CT molecular complexity index is 738. The van der Waals surface area contributed by atoms with Crippen LogP contribution in [0.1, 0.15) is 5.56 Å². The highest BCUT2D eigenvalue weighted by molar-refractivity contribution is 9.10. The molecule has 18 heavy (non-hydrogen) atoms. The fourth-order valence-electron chi connectivity index (χ4n) is 1.81. The van der Waals surface area contributed by atoms with Gasteiger partial charge >= 0.3 is 0 Å². The Morgan fingerprint density at radius 3 is 2.94 bits per heavy atom. The smallest absolute Gasteiger partial charge is 0.169 e. The van der Waals surface area contributed by atoms with Gasteiger partial charge in [-0.25, -0.2) is 4.98 Å². The monoisotopic (exact) mass is 322 g/mol. The zero-order valence-electron chi connectivity index (χ0n) is 9.43. The molecule has 2 heterocycles. The summed E-state index contributed by atoms with van der Waals surface area (Å²) in [5.41, 5.74) is 2.81. The maximum absolute atomic E-state index is 5.83. The molecular weight excluding hydrogens is 316 g/mol. The summed E-state index contributed by atoms with van der Waals surface area (Å²) in [7, 11) is 0. The Morgan fingerprint density at radius 1 is 1.28 bits per heavy atom. The fraction of sp³-hybridized carbons (Fsp3) is 0.0833. The molecule has 6 heteroatoms. The molecule has 2 aromatic heterocycles. The maximum atomic E-state index is 5.83. The van der Waals surface area contributed by atoms with E-state index < -0.39 is 0 Å². The van der Waals surface area contributed by atoms with E-state index in [0.29, 0.717) is 10.8 Å². The van der Waals surface area contributed by atoms with Gasteiger partial charge in [-0.05, 0) is 18.6 Å². The predicted octanol–water partition coefficient (Wildman–Crippen LogP) is 3.52. The molecule has 0 saturated heterocycles. The van der Waals surface area contributed by atoms with E-state index in [1.807, 2.05) is 29.5 Å². The van der Waals surface area contributed by atoms with Crippen LogP contribution in [0.15, 0.2) is 35.1 Å². The molecule has 0 radical (unpaired) electrons. The highest BCUT2D eigenvalue weighted by Gasteiger charge is 2.12. The lowest BCUT2D eigenvalue weighted by Gasteiger charge is -2.05. The predicted molar refractivity (Wildman–Crippen MR) is 73.7 cm³/mol. The van der Waals surface area contributed by atoms with Crippen molar-refractivity contribution < 1.29 is 0 Å². The van der Waals surface area contributed by atoms with Crippen LogP contribution in [0, 0.1) is 6.92 Å². The minimum Gasteiger partial charge on any atom is -0.265 e. The molecule has 0 amide bonds. The first kappa shape index (κ1) is 11.6. The van der Waals surface area contributed by atoms with Crippen LogP contribution < -0.4 is 0 Å². The van der Waals surface area contributed by atoms with Gasteiger partial charge in [-0.2, -0.15) is 0 Å². The second-order valence-electron chi connectivity index (χ2n) is 3.88. The van der Waals surface area contributed by atoms with E-state index in [0.717, 1.165) is 21.4 Å². The highest BCUT2D eigenvalue weighted by Crippen LogP contribution is 2.27. The molecule has 4 nitrogen and oxygen atoms in total. The molecule has 0 saturated carbocycles. The van der Waals surface area contributed by atoms with Crippen molar-refractivity contribution in [2.45, 2.75) is 6.92 Å². The summed E-state index contributed by atoms with van der Waals surface area (Å²) < 4.78 is 2.86. The number of hydrogen-bond donors (Lipinski definition) is 0. The van der Waals surface area contributed by atoms with E-state index in [2.05, 4.69) is 31.1 Å². The van der Waals surface area contributed by atoms with Crippen molar-refractivity contribution in [3.05, 3.63) is 45.8 Å². The second-order valence-corrected chi connectivity index (χ2v) is 5.12. The average molecular weight is 324 g/mol. The molecule has 0 aliphatic rings. The molecule has 0 spiro atoms. The van der Waals surface area contributed by atoms with Gasteiger partial charge < -0.3 is 0 Å². The Labute approximate surface area is 117 Å². The molecule has 90 valence electrons. The number of fused-ring (bicyclic) bond motifs is 1. The van der Waals surface area contributed by atoms with Crippen LogP contribution in [-0.2, 0) is 0 Å². The van der Waals surface area contributed by atoms with Gasteiger partial charge in [0, 0.05) is 16.1 Å². The zero-order valence-corrected chi connectivity index (χ0v) is 11.8. The third kappa shape index (κ3) is 1.79. The number of rotatable bonds is 1. The molecule has 0 atom stereocenters. The van der Waals surface area contributed by atoms with Crippen LogP contribution >= 0.6 is 27.5 Å². The minimum absolute atomic E-state index is 0.410. The first-order valence-corrected chi connectivity index (χ1v) is 6.45. The summed E-state index contributed by atoms with van der Waals surface area (Å²) >= 11 is 9.34. The van der Waals surface area contributed by atoms with Crippen LogP contribution in [0.2, 0.25) is 5.15 Å². The van der Waals surface area contributed by atoms with E-state index >= 15 is 0 Å². The summed E-state index contributed by atoms with van der Waals surface area (Å²) in [6.45, 7) is 2.03. The summed E-state index contributed by atoms with van der Waals surface area (Å²) in [6, 6.07) is 7.66. The van der Waals surface area contributed by atoms with Crippen molar-refractivity contribution in [3.8, 4) is 11.4 Å². The summed E-state index contributed by atoms with van der Waals surface area (Å²) in [5, 5.41) is 8.71. The number of halogens is 2. The highest BCUT2D eigenvalue weighted by atomic mass is 79.9. The van der Waals surface area contributed by atoms with Gasteiger partial charge in [-0.3, -0.25) is 4.40 Å².